The second kappa shape index (κ2) is 11.9. The molecule has 9 heteroatoms. The molecule has 2 N–H and O–H groups in total. The van der Waals surface area contributed by atoms with Crippen LogP contribution in [0.25, 0.3) is 0 Å². The van der Waals surface area contributed by atoms with Crippen LogP contribution in [0.3, 0.4) is 0 Å². The minimum absolute atomic E-state index is 0.0811. The summed E-state index contributed by atoms with van der Waals surface area (Å²) in [4.78, 5) is 25.4. The molecule has 0 unspecified atom stereocenters. The molecule has 1 atom stereocenters. The van der Waals surface area contributed by atoms with Crippen LogP contribution in [0.4, 0.5) is 5.69 Å². The van der Waals surface area contributed by atoms with Crippen molar-refractivity contribution in [3.05, 3.63) is 65.0 Å². The molecule has 0 saturated carbocycles. The summed E-state index contributed by atoms with van der Waals surface area (Å²) in [6.45, 7) is 10.7. The SMILES string of the molecule is CCn1c(SCC(=O)Nc2ccc(C)c(C)c2)nnc1[C@H](NC(=O)c1ccc(OC)cc1)C(C)C. The maximum atomic E-state index is 12.9. The topological polar surface area (TPSA) is 98.1 Å². The Hall–Kier alpha value is -3.33. The molecule has 1 aromatic heterocycles. The monoisotopic (exact) mass is 495 g/mol. The molecule has 0 aliphatic rings. The van der Waals surface area contributed by atoms with Crippen molar-refractivity contribution in [2.75, 3.05) is 18.2 Å². The van der Waals surface area contributed by atoms with Crippen LogP contribution in [0.5, 0.6) is 5.75 Å². The summed E-state index contributed by atoms with van der Waals surface area (Å²) in [5.41, 5.74) is 3.62. The number of anilines is 1. The molecule has 2 amide bonds. The van der Waals surface area contributed by atoms with Crippen molar-refractivity contribution in [2.45, 2.75) is 52.4 Å². The van der Waals surface area contributed by atoms with Gasteiger partial charge in [0.2, 0.25) is 5.91 Å². The van der Waals surface area contributed by atoms with Crippen molar-refractivity contribution < 1.29 is 14.3 Å². The second-order valence-corrected chi connectivity index (χ2v) is 9.59. The van der Waals surface area contributed by atoms with Crippen molar-refractivity contribution in [2.24, 2.45) is 5.92 Å². The molecule has 0 aliphatic carbocycles. The Morgan fingerprint density at radius 1 is 1.06 bits per heavy atom. The van der Waals surface area contributed by atoms with Crippen LogP contribution in [0, 0.1) is 19.8 Å². The molecule has 35 heavy (non-hydrogen) atoms. The number of aryl methyl sites for hydroxylation is 2. The number of nitrogens with one attached hydrogen (secondary N) is 2. The first kappa shape index (κ1) is 26.3. The van der Waals surface area contributed by atoms with E-state index in [0.29, 0.717) is 28.8 Å². The van der Waals surface area contributed by atoms with E-state index in [1.54, 1.807) is 31.4 Å². The van der Waals surface area contributed by atoms with E-state index in [1.165, 1.54) is 17.3 Å². The standard InChI is InChI=1S/C26H33N5O3S/c1-7-31-24(23(16(2)3)28-25(33)19-9-12-21(34-6)13-10-19)29-30-26(31)35-15-22(32)27-20-11-8-17(4)18(5)14-20/h8-14,16,23H,7,15H2,1-6H3,(H,27,32)(H,28,33)/t23-/m1/s1. The number of amides is 2. The Labute approximate surface area is 210 Å². The van der Waals surface area contributed by atoms with Gasteiger partial charge in [-0.15, -0.1) is 10.2 Å². The lowest BCUT2D eigenvalue weighted by molar-refractivity contribution is -0.113. The van der Waals surface area contributed by atoms with Crippen LogP contribution in [0.1, 0.15) is 54.1 Å². The molecular formula is C26H33N5O3S. The van der Waals surface area contributed by atoms with Crippen molar-refractivity contribution in [3.63, 3.8) is 0 Å². The molecule has 2 aromatic carbocycles. The molecule has 1 heterocycles. The fourth-order valence-corrected chi connectivity index (χ4v) is 4.39. The van der Waals surface area contributed by atoms with E-state index in [9.17, 15) is 9.59 Å². The van der Waals surface area contributed by atoms with Gasteiger partial charge in [-0.25, -0.2) is 0 Å². The highest BCUT2D eigenvalue weighted by Crippen LogP contribution is 2.26. The Kier molecular flexibility index (Phi) is 8.92. The van der Waals surface area contributed by atoms with Gasteiger partial charge >= 0.3 is 0 Å². The molecular weight excluding hydrogens is 462 g/mol. The first-order chi connectivity index (χ1) is 16.7. The Balaban J connectivity index is 1.70. The highest BCUT2D eigenvalue weighted by molar-refractivity contribution is 7.99. The summed E-state index contributed by atoms with van der Waals surface area (Å²) >= 11 is 1.33. The average molecular weight is 496 g/mol. The minimum atomic E-state index is -0.337. The zero-order chi connectivity index (χ0) is 25.5. The molecule has 3 aromatic rings. The Bertz CT molecular complexity index is 1170. The summed E-state index contributed by atoms with van der Waals surface area (Å²) in [6.07, 6.45) is 0. The number of methoxy groups -OCH3 is 1. The van der Waals surface area contributed by atoms with Gasteiger partial charge in [-0.3, -0.25) is 9.59 Å². The van der Waals surface area contributed by atoms with Gasteiger partial charge in [-0.2, -0.15) is 0 Å². The zero-order valence-electron chi connectivity index (χ0n) is 21.1. The van der Waals surface area contributed by atoms with Crippen molar-refractivity contribution in [1.29, 1.82) is 0 Å². The van der Waals surface area contributed by atoms with Gasteiger partial charge in [0.1, 0.15) is 5.75 Å². The van der Waals surface area contributed by atoms with Gasteiger partial charge in [-0.05, 0) is 74.2 Å². The number of ether oxygens (including phenoxy) is 1. The van der Waals surface area contributed by atoms with E-state index in [-0.39, 0.29) is 29.5 Å². The third-order valence-corrected chi connectivity index (χ3v) is 6.74. The summed E-state index contributed by atoms with van der Waals surface area (Å²) in [5.74, 6) is 1.34. The first-order valence-electron chi connectivity index (χ1n) is 11.6. The number of aromatic nitrogens is 3. The Morgan fingerprint density at radius 2 is 1.77 bits per heavy atom. The molecule has 0 spiro atoms. The number of thioether (sulfide) groups is 1. The predicted molar refractivity (Wildman–Crippen MR) is 139 cm³/mol. The number of benzene rings is 2. The number of hydrogen-bond donors (Lipinski definition) is 2. The molecule has 0 aliphatic heterocycles. The van der Waals surface area contributed by atoms with Crippen LogP contribution in [-0.4, -0.2) is 39.4 Å². The van der Waals surface area contributed by atoms with E-state index in [0.717, 1.165) is 11.3 Å². The predicted octanol–water partition coefficient (Wildman–Crippen LogP) is 4.78. The number of nitrogens with zero attached hydrogens (tertiary/aromatic N) is 3. The average Bonchev–Trinajstić information content (AvgIpc) is 3.25. The van der Waals surface area contributed by atoms with E-state index in [2.05, 4.69) is 20.8 Å². The molecule has 0 bridgehead atoms. The van der Waals surface area contributed by atoms with Crippen LogP contribution in [0.2, 0.25) is 0 Å². The summed E-state index contributed by atoms with van der Waals surface area (Å²) in [6, 6.07) is 12.5. The van der Waals surface area contributed by atoms with E-state index in [1.807, 2.05) is 57.4 Å². The minimum Gasteiger partial charge on any atom is -0.497 e. The maximum Gasteiger partial charge on any atom is 0.251 e. The fraction of sp³-hybridized carbons (Fsp3) is 0.385. The molecule has 8 nitrogen and oxygen atoms in total. The molecule has 0 radical (unpaired) electrons. The number of carbonyl (C=O) groups is 2. The van der Waals surface area contributed by atoms with Gasteiger partial charge < -0.3 is 19.9 Å². The summed E-state index contributed by atoms with van der Waals surface area (Å²) < 4.78 is 7.12. The van der Waals surface area contributed by atoms with E-state index < -0.39 is 0 Å². The van der Waals surface area contributed by atoms with Crippen molar-refractivity contribution >= 4 is 29.3 Å². The van der Waals surface area contributed by atoms with Crippen LogP contribution in [0.15, 0.2) is 47.6 Å². The lowest BCUT2D eigenvalue weighted by atomic mass is 10.0. The second-order valence-electron chi connectivity index (χ2n) is 8.64. The maximum absolute atomic E-state index is 12.9. The highest BCUT2D eigenvalue weighted by Gasteiger charge is 2.26. The van der Waals surface area contributed by atoms with Crippen molar-refractivity contribution in [1.82, 2.24) is 20.1 Å². The van der Waals surface area contributed by atoms with Gasteiger partial charge in [0.25, 0.3) is 5.91 Å². The van der Waals surface area contributed by atoms with E-state index >= 15 is 0 Å². The highest BCUT2D eigenvalue weighted by atomic mass is 32.2. The first-order valence-corrected chi connectivity index (χ1v) is 12.6. The van der Waals surface area contributed by atoms with Gasteiger partial charge in [0, 0.05) is 17.8 Å². The van der Waals surface area contributed by atoms with Crippen LogP contribution >= 0.6 is 11.8 Å². The number of hydrogen-bond acceptors (Lipinski definition) is 6. The summed E-state index contributed by atoms with van der Waals surface area (Å²) in [7, 11) is 1.59. The molecule has 0 saturated heterocycles. The molecule has 186 valence electrons. The molecule has 3 rings (SSSR count). The third kappa shape index (κ3) is 6.63. The fourth-order valence-electron chi connectivity index (χ4n) is 3.58. The normalized spacial score (nSPS) is 11.9. The van der Waals surface area contributed by atoms with Gasteiger partial charge in [-0.1, -0.05) is 31.7 Å². The quantitative estimate of drug-likeness (QED) is 0.393. The molecule has 0 fully saturated rings. The third-order valence-electron chi connectivity index (χ3n) is 5.77. The number of rotatable bonds is 10. The van der Waals surface area contributed by atoms with Crippen LogP contribution < -0.4 is 15.4 Å². The van der Waals surface area contributed by atoms with Crippen molar-refractivity contribution in [3.8, 4) is 5.75 Å². The largest absolute Gasteiger partial charge is 0.497 e. The smallest absolute Gasteiger partial charge is 0.251 e. The van der Waals surface area contributed by atoms with Gasteiger partial charge in [0.15, 0.2) is 11.0 Å². The lowest BCUT2D eigenvalue weighted by Gasteiger charge is -2.22. The number of carbonyl (C=O) groups excluding carboxylic acids is 2. The summed E-state index contributed by atoms with van der Waals surface area (Å²) in [5, 5.41) is 15.4. The Morgan fingerprint density at radius 3 is 2.37 bits per heavy atom. The lowest BCUT2D eigenvalue weighted by Crippen LogP contribution is -2.33. The van der Waals surface area contributed by atoms with Gasteiger partial charge in [0.05, 0.1) is 18.9 Å². The van der Waals surface area contributed by atoms with Crippen LogP contribution in [-0.2, 0) is 11.3 Å². The zero-order valence-corrected chi connectivity index (χ0v) is 21.9. The van der Waals surface area contributed by atoms with E-state index in [4.69, 9.17) is 4.74 Å².